The first-order valence-electron chi connectivity index (χ1n) is 41.5. The summed E-state index contributed by atoms with van der Waals surface area (Å²) in [5.41, 5.74) is 0. The van der Waals surface area contributed by atoms with Crippen LogP contribution in [0.5, 0.6) is 0 Å². The summed E-state index contributed by atoms with van der Waals surface area (Å²) in [4.78, 5) is 73.0. The molecule has 0 radical (unpaired) electrons. The Balaban J connectivity index is 5.24. The first kappa shape index (κ1) is 97.1. The molecule has 0 saturated heterocycles. The number of hydrogen-bond acceptors (Lipinski definition) is 15. The van der Waals surface area contributed by atoms with Crippen LogP contribution in [0.15, 0.2) is 0 Å². The molecule has 0 aromatic heterocycles. The highest BCUT2D eigenvalue weighted by Crippen LogP contribution is 2.45. The molecule has 0 aromatic rings. The SMILES string of the molecule is CCCCCCCCCCCCCCCCCCCCCCC(=O)O[C@H](COC(=O)CCCCCCCCCCCCCCCCC)COP(=O)(O)OC[C@@H](O)COP(=O)(O)OC[C@@H](COC(=O)CCCCCCCCCCCC(C)C)OC(=O)CCCCCCCCCCCC(C)C. The van der Waals surface area contributed by atoms with Crippen molar-refractivity contribution in [2.45, 2.75) is 439 Å². The van der Waals surface area contributed by atoms with Crippen molar-refractivity contribution in [1.29, 1.82) is 0 Å². The second-order valence-electron chi connectivity index (χ2n) is 29.8. The second-order valence-corrected chi connectivity index (χ2v) is 32.7. The molecule has 0 aliphatic rings. The lowest BCUT2D eigenvalue weighted by atomic mass is 10.0. The average molecular weight is 1450 g/mol. The zero-order chi connectivity index (χ0) is 72.8. The molecule has 0 spiro atoms. The summed E-state index contributed by atoms with van der Waals surface area (Å²) in [5, 5.41) is 10.6. The molecule has 0 aromatic carbocycles. The fraction of sp³-hybridized carbons (Fsp3) is 0.950. The van der Waals surface area contributed by atoms with Crippen LogP contribution in [0.4, 0.5) is 0 Å². The molecule has 5 atom stereocenters. The monoisotopic (exact) mass is 1450 g/mol. The van der Waals surface area contributed by atoms with Gasteiger partial charge in [0.05, 0.1) is 26.4 Å². The number of rotatable bonds is 79. The van der Waals surface area contributed by atoms with Crippen molar-refractivity contribution in [3.63, 3.8) is 0 Å². The van der Waals surface area contributed by atoms with Gasteiger partial charge in [0.1, 0.15) is 19.3 Å². The molecule has 0 aliphatic carbocycles. The molecule has 0 aliphatic heterocycles. The molecule has 19 heteroatoms. The number of phosphoric ester groups is 2. The van der Waals surface area contributed by atoms with Crippen molar-refractivity contribution >= 4 is 39.5 Å². The van der Waals surface area contributed by atoms with Gasteiger partial charge in [-0.25, -0.2) is 9.13 Å². The van der Waals surface area contributed by atoms with Gasteiger partial charge >= 0.3 is 39.5 Å². The van der Waals surface area contributed by atoms with Gasteiger partial charge in [-0.1, -0.05) is 369 Å². The van der Waals surface area contributed by atoms with Gasteiger partial charge in [-0.2, -0.15) is 0 Å². The largest absolute Gasteiger partial charge is 0.472 e. The smallest absolute Gasteiger partial charge is 0.462 e. The third kappa shape index (κ3) is 74.1. The Hall–Kier alpha value is -1.94. The summed E-state index contributed by atoms with van der Waals surface area (Å²) in [5.74, 6) is -0.630. The fourth-order valence-electron chi connectivity index (χ4n) is 12.4. The molecule has 99 heavy (non-hydrogen) atoms. The van der Waals surface area contributed by atoms with Crippen molar-refractivity contribution in [3.8, 4) is 0 Å². The number of phosphoric acid groups is 2. The lowest BCUT2D eigenvalue weighted by Crippen LogP contribution is -2.30. The van der Waals surface area contributed by atoms with Crippen molar-refractivity contribution in [2.75, 3.05) is 39.6 Å². The van der Waals surface area contributed by atoms with Crippen molar-refractivity contribution in [2.24, 2.45) is 11.8 Å². The lowest BCUT2D eigenvalue weighted by Gasteiger charge is -2.21. The number of hydrogen-bond donors (Lipinski definition) is 3. The van der Waals surface area contributed by atoms with E-state index in [1.54, 1.807) is 0 Å². The van der Waals surface area contributed by atoms with Gasteiger partial charge in [0.15, 0.2) is 12.2 Å². The minimum atomic E-state index is -4.96. The van der Waals surface area contributed by atoms with Gasteiger partial charge in [-0.05, 0) is 37.5 Å². The molecule has 2 unspecified atom stereocenters. The first-order chi connectivity index (χ1) is 47.9. The second kappa shape index (κ2) is 71.7. The minimum Gasteiger partial charge on any atom is -0.462 e. The van der Waals surface area contributed by atoms with E-state index in [1.165, 1.54) is 238 Å². The molecule has 3 N–H and O–H groups in total. The van der Waals surface area contributed by atoms with E-state index in [2.05, 4.69) is 41.5 Å². The highest BCUT2D eigenvalue weighted by molar-refractivity contribution is 7.47. The van der Waals surface area contributed by atoms with Crippen LogP contribution in [0.3, 0.4) is 0 Å². The number of aliphatic hydroxyl groups excluding tert-OH is 1. The average Bonchev–Trinajstić information content (AvgIpc) is 0.988. The van der Waals surface area contributed by atoms with Crippen LogP contribution in [0.1, 0.15) is 420 Å². The van der Waals surface area contributed by atoms with Crippen LogP contribution in [-0.4, -0.2) is 96.7 Å². The van der Waals surface area contributed by atoms with E-state index < -0.39 is 97.5 Å². The molecule has 0 amide bonds. The third-order valence-electron chi connectivity index (χ3n) is 18.7. The van der Waals surface area contributed by atoms with Crippen molar-refractivity contribution in [1.82, 2.24) is 0 Å². The minimum absolute atomic E-state index is 0.105. The van der Waals surface area contributed by atoms with Gasteiger partial charge in [0.2, 0.25) is 0 Å². The molecule has 0 fully saturated rings. The van der Waals surface area contributed by atoms with E-state index in [-0.39, 0.29) is 25.7 Å². The molecular formula is C80H156O17P2. The van der Waals surface area contributed by atoms with E-state index in [0.717, 1.165) is 102 Å². The Labute approximate surface area is 607 Å². The van der Waals surface area contributed by atoms with Crippen molar-refractivity contribution in [3.05, 3.63) is 0 Å². The maximum atomic E-state index is 13.1. The summed E-state index contributed by atoms with van der Waals surface area (Å²) in [6, 6.07) is 0. The maximum absolute atomic E-state index is 13.1. The van der Waals surface area contributed by atoms with E-state index in [0.29, 0.717) is 25.7 Å². The third-order valence-corrected chi connectivity index (χ3v) is 20.6. The summed E-state index contributed by atoms with van der Waals surface area (Å²) in [6.45, 7) is 9.58. The number of carbonyl (C=O) groups excluding carboxylic acids is 4. The normalized spacial score (nSPS) is 13.9. The van der Waals surface area contributed by atoms with Crippen molar-refractivity contribution < 1.29 is 80.2 Å². The van der Waals surface area contributed by atoms with Gasteiger partial charge in [-0.3, -0.25) is 37.3 Å². The molecule has 0 saturated carbocycles. The molecular weight excluding hydrogens is 1290 g/mol. The van der Waals surface area contributed by atoms with Gasteiger partial charge < -0.3 is 33.8 Å². The van der Waals surface area contributed by atoms with Crippen LogP contribution in [-0.2, 0) is 65.4 Å². The Morgan fingerprint density at radius 2 is 0.465 bits per heavy atom. The lowest BCUT2D eigenvalue weighted by molar-refractivity contribution is -0.161. The topological polar surface area (TPSA) is 237 Å². The zero-order valence-electron chi connectivity index (χ0n) is 64.8. The Bertz CT molecular complexity index is 1910. The van der Waals surface area contributed by atoms with Crippen LogP contribution in [0, 0.1) is 11.8 Å². The van der Waals surface area contributed by atoms with Crippen LogP contribution >= 0.6 is 15.6 Å². The highest BCUT2D eigenvalue weighted by Gasteiger charge is 2.30. The zero-order valence-corrected chi connectivity index (χ0v) is 66.6. The Kier molecular flexibility index (Phi) is 70.3. The number of aliphatic hydroxyl groups is 1. The molecule has 0 heterocycles. The van der Waals surface area contributed by atoms with Crippen LogP contribution < -0.4 is 0 Å². The molecule has 0 rings (SSSR count). The molecule has 0 bridgehead atoms. The number of ether oxygens (including phenoxy) is 4. The maximum Gasteiger partial charge on any atom is 0.472 e. The van der Waals surface area contributed by atoms with E-state index in [1.807, 2.05) is 0 Å². The van der Waals surface area contributed by atoms with E-state index >= 15 is 0 Å². The predicted molar refractivity (Wildman–Crippen MR) is 405 cm³/mol. The van der Waals surface area contributed by atoms with Crippen LogP contribution in [0.2, 0.25) is 0 Å². The highest BCUT2D eigenvalue weighted by atomic mass is 31.2. The quantitative estimate of drug-likeness (QED) is 0.0222. The summed E-state index contributed by atoms with van der Waals surface area (Å²) in [6.07, 6.45) is 61.1. The Morgan fingerprint density at radius 3 is 0.687 bits per heavy atom. The number of unbranched alkanes of at least 4 members (excludes halogenated alkanes) is 49. The summed E-state index contributed by atoms with van der Waals surface area (Å²) in [7, 11) is -9.92. The van der Waals surface area contributed by atoms with Gasteiger partial charge in [0.25, 0.3) is 0 Å². The summed E-state index contributed by atoms with van der Waals surface area (Å²) >= 11 is 0. The predicted octanol–water partition coefficient (Wildman–Crippen LogP) is 23.9. The summed E-state index contributed by atoms with van der Waals surface area (Å²) < 4.78 is 68.7. The first-order valence-corrected chi connectivity index (χ1v) is 44.5. The molecule has 17 nitrogen and oxygen atoms in total. The Morgan fingerprint density at radius 1 is 0.273 bits per heavy atom. The number of carbonyl (C=O) groups is 4. The van der Waals surface area contributed by atoms with E-state index in [9.17, 15) is 43.2 Å². The van der Waals surface area contributed by atoms with E-state index in [4.69, 9.17) is 37.0 Å². The number of esters is 4. The van der Waals surface area contributed by atoms with Gasteiger partial charge in [-0.15, -0.1) is 0 Å². The standard InChI is InChI=1S/C80H156O17P2/c1-7-9-11-13-15-17-19-21-23-24-25-26-27-29-31-33-39-46-52-58-64-79(84)96-75(68-90-77(82)62-56-50-44-38-32-30-28-22-20-18-16-14-12-10-8-2)70-94-98(86,87)92-66-74(81)67-93-99(88,89)95-71-76(97-80(85)65-59-53-47-41-35-37-43-49-55-61-73(5)6)69-91-78(83)63-57-51-45-40-34-36-42-48-54-60-72(3)4/h72-76,81H,7-71H2,1-6H3,(H,86,87)(H,88,89)/t74-,75-,76-/m1/s1. The van der Waals surface area contributed by atoms with Gasteiger partial charge in [0, 0.05) is 25.7 Å². The van der Waals surface area contributed by atoms with Crippen LogP contribution in [0.25, 0.3) is 0 Å². The fourth-order valence-corrected chi connectivity index (χ4v) is 13.9. The molecule has 588 valence electrons.